The zero-order valence-electron chi connectivity index (χ0n) is 14.9. The van der Waals surface area contributed by atoms with Gasteiger partial charge in [-0.2, -0.15) is 0 Å². The van der Waals surface area contributed by atoms with Crippen LogP contribution in [0, 0.1) is 6.92 Å². The van der Waals surface area contributed by atoms with Gasteiger partial charge in [0.2, 0.25) is 5.82 Å². The molecule has 2 aromatic carbocycles. The number of hydrogen-bond donors (Lipinski definition) is 1. The fraction of sp³-hybridized carbons (Fsp3) is 0.211. The molecular weight excluding hydrogens is 387 g/mol. The standard InChI is InChI=1S/C19H18Cl2N4O2/c1-12-6-7-15(11-16(12)21)25-18(13-4-3-5-14(20)10-13)23-17(24-25)19(26)22-8-9-27-2/h3-7,10-11H,8-9H2,1-2H3,(H,22,26). The van der Waals surface area contributed by atoms with Gasteiger partial charge in [0.25, 0.3) is 5.91 Å². The average Bonchev–Trinajstić information content (AvgIpc) is 3.10. The molecule has 1 N–H and O–H groups in total. The van der Waals surface area contributed by atoms with Gasteiger partial charge in [-0.3, -0.25) is 4.79 Å². The SMILES string of the molecule is COCCNC(=O)c1nc(-c2cccc(Cl)c2)n(-c2ccc(C)c(Cl)c2)n1. The van der Waals surface area contributed by atoms with Crippen molar-refractivity contribution in [3.05, 3.63) is 63.9 Å². The molecule has 6 nitrogen and oxygen atoms in total. The van der Waals surface area contributed by atoms with E-state index in [2.05, 4.69) is 15.4 Å². The van der Waals surface area contributed by atoms with Crippen molar-refractivity contribution >= 4 is 29.1 Å². The van der Waals surface area contributed by atoms with Gasteiger partial charge in [0.15, 0.2) is 5.82 Å². The number of methoxy groups -OCH3 is 1. The van der Waals surface area contributed by atoms with Gasteiger partial charge in [0.05, 0.1) is 12.3 Å². The van der Waals surface area contributed by atoms with Crippen molar-refractivity contribution in [3.63, 3.8) is 0 Å². The number of aromatic nitrogens is 3. The van der Waals surface area contributed by atoms with E-state index in [9.17, 15) is 4.79 Å². The summed E-state index contributed by atoms with van der Waals surface area (Å²) < 4.78 is 6.53. The summed E-state index contributed by atoms with van der Waals surface area (Å²) in [7, 11) is 1.57. The highest BCUT2D eigenvalue weighted by atomic mass is 35.5. The minimum Gasteiger partial charge on any atom is -0.383 e. The number of hydrogen-bond acceptors (Lipinski definition) is 4. The highest BCUT2D eigenvalue weighted by molar-refractivity contribution is 6.31. The van der Waals surface area contributed by atoms with E-state index in [1.165, 1.54) is 0 Å². The van der Waals surface area contributed by atoms with Crippen LogP contribution in [0.5, 0.6) is 0 Å². The summed E-state index contributed by atoms with van der Waals surface area (Å²) in [6.07, 6.45) is 0. The first kappa shape index (κ1) is 19.4. The Labute approximate surface area is 167 Å². The number of carbonyl (C=O) groups excluding carboxylic acids is 1. The van der Waals surface area contributed by atoms with Gasteiger partial charge in [-0.15, -0.1) is 5.10 Å². The van der Waals surface area contributed by atoms with E-state index in [4.69, 9.17) is 27.9 Å². The Morgan fingerprint density at radius 3 is 2.74 bits per heavy atom. The second-order valence-electron chi connectivity index (χ2n) is 5.86. The average molecular weight is 405 g/mol. The van der Waals surface area contributed by atoms with Gasteiger partial charge in [0, 0.05) is 29.3 Å². The van der Waals surface area contributed by atoms with Crippen LogP contribution in [-0.4, -0.2) is 40.9 Å². The Kier molecular flexibility index (Phi) is 6.11. The molecule has 140 valence electrons. The number of nitrogens with one attached hydrogen (secondary N) is 1. The van der Waals surface area contributed by atoms with E-state index < -0.39 is 0 Å². The maximum atomic E-state index is 12.4. The molecule has 0 spiro atoms. The van der Waals surface area contributed by atoms with Crippen LogP contribution in [-0.2, 0) is 4.74 Å². The molecule has 0 unspecified atom stereocenters. The highest BCUT2D eigenvalue weighted by Gasteiger charge is 2.19. The normalized spacial score (nSPS) is 10.8. The first-order valence-corrected chi connectivity index (χ1v) is 9.02. The molecule has 0 saturated heterocycles. The quantitative estimate of drug-likeness (QED) is 0.631. The summed E-state index contributed by atoms with van der Waals surface area (Å²) in [6, 6.07) is 12.8. The van der Waals surface area contributed by atoms with Crippen molar-refractivity contribution in [1.29, 1.82) is 0 Å². The topological polar surface area (TPSA) is 69.0 Å². The van der Waals surface area contributed by atoms with Crippen LogP contribution in [0.2, 0.25) is 10.0 Å². The lowest BCUT2D eigenvalue weighted by Gasteiger charge is -2.08. The third-order valence-electron chi connectivity index (χ3n) is 3.88. The molecule has 8 heteroatoms. The van der Waals surface area contributed by atoms with Crippen LogP contribution in [0.15, 0.2) is 42.5 Å². The first-order chi connectivity index (χ1) is 13.0. The van der Waals surface area contributed by atoms with Crippen LogP contribution in [0.25, 0.3) is 17.1 Å². The van der Waals surface area contributed by atoms with Crippen molar-refractivity contribution in [1.82, 2.24) is 20.1 Å². The molecule has 1 heterocycles. The number of rotatable bonds is 6. The molecule has 27 heavy (non-hydrogen) atoms. The zero-order valence-corrected chi connectivity index (χ0v) is 16.4. The monoisotopic (exact) mass is 404 g/mol. The number of benzene rings is 2. The van der Waals surface area contributed by atoms with E-state index in [-0.39, 0.29) is 11.7 Å². The number of nitrogens with zero attached hydrogens (tertiary/aromatic N) is 3. The molecule has 0 fully saturated rings. The Bertz CT molecular complexity index is 972. The van der Waals surface area contributed by atoms with E-state index in [1.54, 1.807) is 30.0 Å². The van der Waals surface area contributed by atoms with Gasteiger partial charge in [-0.1, -0.05) is 41.4 Å². The second kappa shape index (κ2) is 8.52. The maximum absolute atomic E-state index is 12.4. The van der Waals surface area contributed by atoms with E-state index in [0.717, 1.165) is 11.1 Å². The summed E-state index contributed by atoms with van der Waals surface area (Å²) in [5.41, 5.74) is 2.38. The lowest BCUT2D eigenvalue weighted by molar-refractivity contribution is 0.0927. The molecule has 0 radical (unpaired) electrons. The summed E-state index contributed by atoms with van der Waals surface area (Å²) in [5.74, 6) is 0.166. The highest BCUT2D eigenvalue weighted by Crippen LogP contribution is 2.26. The number of amides is 1. The number of carbonyl (C=O) groups is 1. The second-order valence-corrected chi connectivity index (χ2v) is 6.71. The number of aryl methyl sites for hydroxylation is 1. The van der Waals surface area contributed by atoms with Crippen molar-refractivity contribution in [3.8, 4) is 17.1 Å². The van der Waals surface area contributed by atoms with Crippen molar-refractivity contribution < 1.29 is 9.53 Å². The largest absolute Gasteiger partial charge is 0.383 e. The van der Waals surface area contributed by atoms with Crippen molar-refractivity contribution in [2.45, 2.75) is 6.92 Å². The van der Waals surface area contributed by atoms with Crippen LogP contribution >= 0.6 is 23.2 Å². The van der Waals surface area contributed by atoms with Crippen molar-refractivity contribution in [2.75, 3.05) is 20.3 Å². The van der Waals surface area contributed by atoms with Crippen LogP contribution in [0.3, 0.4) is 0 Å². The zero-order chi connectivity index (χ0) is 19.4. The molecule has 0 saturated carbocycles. The Morgan fingerprint density at radius 2 is 2.04 bits per heavy atom. The summed E-state index contributed by atoms with van der Waals surface area (Å²) in [6.45, 7) is 2.69. The van der Waals surface area contributed by atoms with Gasteiger partial charge in [0.1, 0.15) is 0 Å². The molecular formula is C19H18Cl2N4O2. The summed E-state index contributed by atoms with van der Waals surface area (Å²) in [5, 5.41) is 8.28. The Morgan fingerprint density at radius 1 is 1.22 bits per heavy atom. The molecule has 0 atom stereocenters. The summed E-state index contributed by atoms with van der Waals surface area (Å²) in [4.78, 5) is 16.8. The minimum atomic E-state index is -0.382. The third kappa shape index (κ3) is 4.47. The molecule has 0 aliphatic heterocycles. The molecule has 1 aromatic heterocycles. The molecule has 3 rings (SSSR count). The predicted molar refractivity (Wildman–Crippen MR) is 106 cm³/mol. The molecule has 1 amide bonds. The van der Waals surface area contributed by atoms with Crippen molar-refractivity contribution in [2.24, 2.45) is 0 Å². The van der Waals surface area contributed by atoms with E-state index in [1.807, 2.05) is 31.2 Å². The van der Waals surface area contributed by atoms with E-state index in [0.29, 0.717) is 34.7 Å². The fourth-order valence-electron chi connectivity index (χ4n) is 2.46. The lowest BCUT2D eigenvalue weighted by Crippen LogP contribution is -2.28. The molecule has 0 bridgehead atoms. The Hall–Kier alpha value is -2.41. The first-order valence-electron chi connectivity index (χ1n) is 8.26. The third-order valence-corrected chi connectivity index (χ3v) is 4.53. The minimum absolute atomic E-state index is 0.0535. The molecule has 0 aliphatic carbocycles. The van der Waals surface area contributed by atoms with Crippen LogP contribution in [0.4, 0.5) is 0 Å². The summed E-state index contributed by atoms with van der Waals surface area (Å²) >= 11 is 12.4. The van der Waals surface area contributed by atoms with Gasteiger partial charge in [-0.05, 0) is 36.8 Å². The fourth-order valence-corrected chi connectivity index (χ4v) is 2.83. The number of ether oxygens (including phenoxy) is 1. The predicted octanol–water partition coefficient (Wildman–Crippen LogP) is 3.93. The van der Waals surface area contributed by atoms with Gasteiger partial charge < -0.3 is 10.1 Å². The smallest absolute Gasteiger partial charge is 0.291 e. The number of halogens is 2. The molecule has 0 aliphatic rings. The molecule has 3 aromatic rings. The van der Waals surface area contributed by atoms with Crippen LogP contribution in [0.1, 0.15) is 16.2 Å². The maximum Gasteiger partial charge on any atom is 0.291 e. The Balaban J connectivity index is 2.06. The van der Waals surface area contributed by atoms with Gasteiger partial charge in [-0.25, -0.2) is 9.67 Å². The lowest BCUT2D eigenvalue weighted by atomic mass is 10.2. The van der Waals surface area contributed by atoms with Crippen LogP contribution < -0.4 is 5.32 Å². The van der Waals surface area contributed by atoms with E-state index >= 15 is 0 Å². The van der Waals surface area contributed by atoms with Gasteiger partial charge >= 0.3 is 0 Å².